The van der Waals surface area contributed by atoms with E-state index < -0.39 is 22.0 Å². The molecular formula is C11H15Br2N3O3S. The standard InChI is InChI=1S/C11H15Br2N3O3S/c1-5(2)9(11(15)17)16-20(18,19)10-7(13)3-6(12)4-8(10)14/h3-5,9,16H,14H2,1-2H3,(H2,15,17). The number of anilines is 1. The first-order valence-electron chi connectivity index (χ1n) is 5.62. The zero-order chi connectivity index (χ0) is 15.7. The average molecular weight is 429 g/mol. The van der Waals surface area contributed by atoms with E-state index in [1.807, 2.05) is 0 Å². The average Bonchev–Trinajstić information content (AvgIpc) is 2.23. The van der Waals surface area contributed by atoms with Crippen LogP contribution in [0.15, 0.2) is 26.0 Å². The number of carbonyl (C=O) groups excluding carboxylic acids is 1. The van der Waals surface area contributed by atoms with Crippen molar-refractivity contribution in [2.75, 3.05) is 5.73 Å². The van der Waals surface area contributed by atoms with E-state index in [9.17, 15) is 13.2 Å². The maximum absolute atomic E-state index is 12.4. The number of hydrogen-bond donors (Lipinski definition) is 3. The Labute approximate surface area is 134 Å². The summed E-state index contributed by atoms with van der Waals surface area (Å²) in [6, 6.07) is 2.02. The lowest BCUT2D eigenvalue weighted by Crippen LogP contribution is -2.47. The van der Waals surface area contributed by atoms with Crippen molar-refractivity contribution in [2.45, 2.75) is 24.8 Å². The lowest BCUT2D eigenvalue weighted by molar-refractivity contribution is -0.120. The molecule has 1 aromatic rings. The van der Waals surface area contributed by atoms with E-state index in [1.165, 1.54) is 6.07 Å². The van der Waals surface area contributed by atoms with Gasteiger partial charge in [0.15, 0.2) is 0 Å². The van der Waals surface area contributed by atoms with Crippen LogP contribution in [0.25, 0.3) is 0 Å². The third kappa shape index (κ3) is 3.94. The van der Waals surface area contributed by atoms with E-state index in [0.717, 1.165) is 0 Å². The lowest BCUT2D eigenvalue weighted by Gasteiger charge is -2.20. The van der Waals surface area contributed by atoms with Crippen LogP contribution < -0.4 is 16.2 Å². The van der Waals surface area contributed by atoms with Crippen molar-refractivity contribution in [2.24, 2.45) is 11.7 Å². The summed E-state index contributed by atoms with van der Waals surface area (Å²) < 4.78 is 27.9. The largest absolute Gasteiger partial charge is 0.398 e. The number of carbonyl (C=O) groups is 1. The summed E-state index contributed by atoms with van der Waals surface area (Å²) in [7, 11) is -3.97. The first-order valence-corrected chi connectivity index (χ1v) is 8.69. The van der Waals surface area contributed by atoms with Crippen molar-refractivity contribution in [3.63, 3.8) is 0 Å². The van der Waals surface area contributed by atoms with Gasteiger partial charge >= 0.3 is 0 Å². The van der Waals surface area contributed by atoms with Crippen molar-refractivity contribution in [1.82, 2.24) is 4.72 Å². The smallest absolute Gasteiger partial charge is 0.244 e. The number of halogens is 2. The fraction of sp³-hybridized carbons (Fsp3) is 0.364. The Balaban J connectivity index is 3.28. The van der Waals surface area contributed by atoms with E-state index in [0.29, 0.717) is 8.95 Å². The number of nitrogens with one attached hydrogen (secondary N) is 1. The summed E-state index contributed by atoms with van der Waals surface area (Å²) in [5, 5.41) is 0. The van der Waals surface area contributed by atoms with E-state index in [1.54, 1.807) is 19.9 Å². The molecule has 1 unspecified atom stereocenters. The Morgan fingerprint density at radius 2 is 1.85 bits per heavy atom. The molecule has 112 valence electrons. The number of nitrogen functional groups attached to an aromatic ring is 1. The summed E-state index contributed by atoms with van der Waals surface area (Å²) in [6.45, 7) is 3.38. The minimum absolute atomic E-state index is 0.0609. The Bertz CT molecular complexity index is 609. The number of primary amides is 1. The number of rotatable bonds is 5. The molecule has 0 fully saturated rings. The van der Waals surface area contributed by atoms with E-state index in [2.05, 4.69) is 36.6 Å². The molecule has 0 bridgehead atoms. The van der Waals surface area contributed by atoms with Crippen molar-refractivity contribution in [3.05, 3.63) is 21.1 Å². The third-order valence-corrected chi connectivity index (χ3v) is 5.46. The van der Waals surface area contributed by atoms with Crippen LogP contribution in [-0.4, -0.2) is 20.4 Å². The van der Waals surface area contributed by atoms with Crippen LogP contribution >= 0.6 is 31.9 Å². The SMILES string of the molecule is CC(C)C(NS(=O)(=O)c1c(N)cc(Br)cc1Br)C(N)=O. The van der Waals surface area contributed by atoms with Crippen molar-refractivity contribution in [3.8, 4) is 0 Å². The maximum Gasteiger partial charge on any atom is 0.244 e. The van der Waals surface area contributed by atoms with Gasteiger partial charge in [-0.25, -0.2) is 8.42 Å². The molecule has 5 N–H and O–H groups in total. The first-order chi connectivity index (χ1) is 9.06. The Morgan fingerprint density at radius 3 is 2.25 bits per heavy atom. The molecule has 0 spiro atoms. The zero-order valence-electron chi connectivity index (χ0n) is 10.9. The molecule has 0 radical (unpaired) electrons. The van der Waals surface area contributed by atoms with Gasteiger partial charge < -0.3 is 11.5 Å². The van der Waals surface area contributed by atoms with Gasteiger partial charge in [-0.3, -0.25) is 4.79 Å². The minimum Gasteiger partial charge on any atom is -0.398 e. The number of amides is 1. The van der Waals surface area contributed by atoms with Gasteiger partial charge in [0.25, 0.3) is 0 Å². The summed E-state index contributed by atoms with van der Waals surface area (Å²) >= 11 is 6.36. The lowest BCUT2D eigenvalue weighted by atomic mass is 10.1. The Hall–Kier alpha value is -0.640. The highest BCUT2D eigenvalue weighted by Gasteiger charge is 2.29. The zero-order valence-corrected chi connectivity index (χ0v) is 14.8. The number of nitrogens with two attached hydrogens (primary N) is 2. The van der Waals surface area contributed by atoms with Gasteiger partial charge in [-0.05, 0) is 34.0 Å². The second-order valence-electron chi connectivity index (χ2n) is 4.55. The monoisotopic (exact) mass is 427 g/mol. The molecule has 6 nitrogen and oxygen atoms in total. The summed E-state index contributed by atoms with van der Waals surface area (Å²) in [5.74, 6) is -1.02. The molecule has 0 aliphatic rings. The number of benzene rings is 1. The highest BCUT2D eigenvalue weighted by Crippen LogP contribution is 2.31. The molecule has 0 heterocycles. The normalized spacial score (nSPS) is 13.4. The van der Waals surface area contributed by atoms with Gasteiger partial charge in [0.2, 0.25) is 15.9 Å². The molecule has 0 aliphatic carbocycles. The molecule has 0 saturated heterocycles. The number of hydrogen-bond acceptors (Lipinski definition) is 4. The van der Waals surface area contributed by atoms with Gasteiger partial charge in [0.05, 0.1) is 5.69 Å². The van der Waals surface area contributed by atoms with Crippen LogP contribution in [-0.2, 0) is 14.8 Å². The summed E-state index contributed by atoms with van der Waals surface area (Å²) in [4.78, 5) is 11.2. The molecule has 0 saturated carbocycles. The molecule has 0 aromatic heterocycles. The van der Waals surface area contributed by atoms with Gasteiger partial charge in [-0.2, -0.15) is 4.72 Å². The van der Waals surface area contributed by atoms with Crippen LogP contribution in [0.2, 0.25) is 0 Å². The molecule has 20 heavy (non-hydrogen) atoms. The molecular weight excluding hydrogens is 414 g/mol. The van der Waals surface area contributed by atoms with Crippen LogP contribution in [0.3, 0.4) is 0 Å². The van der Waals surface area contributed by atoms with Crippen LogP contribution in [0.4, 0.5) is 5.69 Å². The van der Waals surface area contributed by atoms with E-state index in [4.69, 9.17) is 11.5 Å². The molecule has 0 aliphatic heterocycles. The van der Waals surface area contributed by atoms with Crippen molar-refractivity contribution >= 4 is 53.5 Å². The molecule has 1 rings (SSSR count). The van der Waals surface area contributed by atoms with Gasteiger partial charge in [-0.1, -0.05) is 29.8 Å². The van der Waals surface area contributed by atoms with Crippen molar-refractivity contribution in [1.29, 1.82) is 0 Å². The molecule has 9 heteroatoms. The Kier molecular flexibility index (Phi) is 5.59. The highest BCUT2D eigenvalue weighted by atomic mass is 79.9. The van der Waals surface area contributed by atoms with Gasteiger partial charge in [-0.15, -0.1) is 0 Å². The molecule has 1 atom stereocenters. The first kappa shape index (κ1) is 17.4. The summed E-state index contributed by atoms with van der Waals surface area (Å²) in [6.07, 6.45) is 0. The van der Waals surface area contributed by atoms with E-state index >= 15 is 0 Å². The summed E-state index contributed by atoms with van der Waals surface area (Å²) in [5.41, 5.74) is 11.0. The van der Waals surface area contributed by atoms with Crippen LogP contribution in [0.5, 0.6) is 0 Å². The van der Waals surface area contributed by atoms with Crippen LogP contribution in [0, 0.1) is 5.92 Å². The fourth-order valence-electron chi connectivity index (χ4n) is 1.61. The fourth-order valence-corrected chi connectivity index (χ4v) is 5.04. The third-order valence-electron chi connectivity index (χ3n) is 2.56. The quantitative estimate of drug-likeness (QED) is 0.617. The van der Waals surface area contributed by atoms with Crippen LogP contribution in [0.1, 0.15) is 13.8 Å². The minimum atomic E-state index is -3.97. The van der Waals surface area contributed by atoms with Crippen molar-refractivity contribution < 1.29 is 13.2 Å². The van der Waals surface area contributed by atoms with Gasteiger partial charge in [0.1, 0.15) is 10.9 Å². The topological polar surface area (TPSA) is 115 Å². The molecule has 1 aromatic carbocycles. The van der Waals surface area contributed by atoms with E-state index in [-0.39, 0.29) is 16.5 Å². The second-order valence-corrected chi connectivity index (χ2v) is 7.97. The highest BCUT2D eigenvalue weighted by molar-refractivity contribution is 9.11. The second kappa shape index (κ2) is 6.42. The number of sulfonamides is 1. The molecule has 1 amide bonds. The predicted molar refractivity (Wildman–Crippen MR) is 84.4 cm³/mol. The van der Waals surface area contributed by atoms with Gasteiger partial charge in [0, 0.05) is 8.95 Å². The Morgan fingerprint density at radius 1 is 1.30 bits per heavy atom. The maximum atomic E-state index is 12.4. The predicted octanol–water partition coefficient (Wildman–Crippen LogP) is 1.58.